The number of benzene rings is 2. The SMILES string of the molecule is C=CCn1c(SCC(=O)Nc2c(C)n(C)n(-c3ccccc3)c2=O)nnc1-c1cccc(Cl)c1. The standard InChI is InChI=1S/C24H23ClN6O2S/c1-4-13-30-22(17-9-8-10-18(25)14-17)27-28-24(30)34-15-20(32)26-21-16(2)29(3)31(23(21)33)19-11-6-5-7-12-19/h4-12,14H,1,13,15H2,2-3H3,(H,26,32). The lowest BCUT2D eigenvalue weighted by Crippen LogP contribution is -2.23. The maximum absolute atomic E-state index is 13.0. The lowest BCUT2D eigenvalue weighted by Gasteiger charge is -2.08. The molecule has 0 saturated carbocycles. The molecule has 4 rings (SSSR count). The highest BCUT2D eigenvalue weighted by atomic mass is 35.5. The van der Waals surface area contributed by atoms with Crippen molar-refractivity contribution >= 4 is 35.0 Å². The number of carbonyl (C=O) groups is 1. The molecule has 0 atom stereocenters. The summed E-state index contributed by atoms with van der Waals surface area (Å²) in [6, 6.07) is 16.6. The van der Waals surface area contributed by atoms with E-state index in [1.54, 1.807) is 30.8 Å². The Morgan fingerprint density at radius 2 is 1.94 bits per heavy atom. The maximum Gasteiger partial charge on any atom is 0.295 e. The van der Waals surface area contributed by atoms with E-state index in [0.717, 1.165) is 11.3 Å². The molecular formula is C24H23ClN6O2S. The molecule has 2 aromatic carbocycles. The molecule has 0 fully saturated rings. The molecule has 0 unspecified atom stereocenters. The third kappa shape index (κ3) is 4.71. The minimum Gasteiger partial charge on any atom is -0.319 e. The van der Waals surface area contributed by atoms with Gasteiger partial charge in [0.2, 0.25) is 5.91 Å². The molecule has 0 aliphatic heterocycles. The fraction of sp³-hybridized carbons (Fsp3) is 0.167. The van der Waals surface area contributed by atoms with E-state index in [2.05, 4.69) is 22.1 Å². The van der Waals surface area contributed by atoms with Gasteiger partial charge in [0.25, 0.3) is 5.56 Å². The second-order valence-electron chi connectivity index (χ2n) is 7.49. The van der Waals surface area contributed by atoms with E-state index < -0.39 is 0 Å². The third-order valence-electron chi connectivity index (χ3n) is 5.26. The van der Waals surface area contributed by atoms with Crippen molar-refractivity contribution in [3.05, 3.63) is 88.3 Å². The van der Waals surface area contributed by atoms with E-state index in [1.165, 1.54) is 16.4 Å². The highest BCUT2D eigenvalue weighted by Crippen LogP contribution is 2.26. The van der Waals surface area contributed by atoms with Crippen molar-refractivity contribution in [2.45, 2.75) is 18.6 Å². The molecule has 0 aliphatic rings. The summed E-state index contributed by atoms with van der Waals surface area (Å²) < 4.78 is 5.11. The van der Waals surface area contributed by atoms with Crippen molar-refractivity contribution in [3.8, 4) is 17.1 Å². The van der Waals surface area contributed by atoms with E-state index >= 15 is 0 Å². The summed E-state index contributed by atoms with van der Waals surface area (Å²) in [5.41, 5.74) is 2.16. The number of nitrogens with zero attached hydrogens (tertiary/aromatic N) is 5. The minimum absolute atomic E-state index is 0.0595. The molecule has 174 valence electrons. The van der Waals surface area contributed by atoms with Crippen molar-refractivity contribution in [1.82, 2.24) is 24.1 Å². The zero-order valence-corrected chi connectivity index (χ0v) is 20.3. The summed E-state index contributed by atoms with van der Waals surface area (Å²) in [6.45, 7) is 6.07. The van der Waals surface area contributed by atoms with Crippen LogP contribution in [0.2, 0.25) is 5.02 Å². The first-order valence-corrected chi connectivity index (χ1v) is 11.8. The van der Waals surface area contributed by atoms with E-state index in [0.29, 0.717) is 28.2 Å². The zero-order valence-electron chi connectivity index (χ0n) is 18.7. The molecule has 0 spiro atoms. The van der Waals surface area contributed by atoms with Crippen molar-refractivity contribution < 1.29 is 4.79 Å². The van der Waals surface area contributed by atoms with Crippen LogP contribution in [-0.2, 0) is 18.4 Å². The molecular weight excluding hydrogens is 472 g/mol. The summed E-state index contributed by atoms with van der Waals surface area (Å²) in [6.07, 6.45) is 1.74. The highest BCUT2D eigenvalue weighted by Gasteiger charge is 2.19. The van der Waals surface area contributed by atoms with Crippen molar-refractivity contribution in [2.75, 3.05) is 11.1 Å². The number of anilines is 1. The topological polar surface area (TPSA) is 86.7 Å². The van der Waals surface area contributed by atoms with Gasteiger partial charge in [0.15, 0.2) is 11.0 Å². The summed E-state index contributed by atoms with van der Waals surface area (Å²) >= 11 is 7.36. The molecule has 8 nitrogen and oxygen atoms in total. The molecule has 1 N–H and O–H groups in total. The largest absolute Gasteiger partial charge is 0.319 e. The van der Waals surface area contributed by atoms with Crippen LogP contribution in [0.5, 0.6) is 0 Å². The molecule has 10 heteroatoms. The summed E-state index contributed by atoms with van der Waals surface area (Å²) in [7, 11) is 1.78. The van der Waals surface area contributed by atoms with E-state index in [4.69, 9.17) is 11.6 Å². The fourth-order valence-electron chi connectivity index (χ4n) is 3.55. The number of aromatic nitrogens is 5. The van der Waals surface area contributed by atoms with Gasteiger partial charge in [0.1, 0.15) is 5.69 Å². The Balaban J connectivity index is 1.52. The first-order chi connectivity index (χ1) is 16.4. The van der Waals surface area contributed by atoms with Gasteiger partial charge in [0.05, 0.1) is 17.1 Å². The molecule has 1 amide bonds. The number of halogens is 1. The predicted octanol–water partition coefficient (Wildman–Crippen LogP) is 4.31. The average Bonchev–Trinajstić information content (AvgIpc) is 3.32. The summed E-state index contributed by atoms with van der Waals surface area (Å²) in [5.74, 6) is 0.382. The van der Waals surface area contributed by atoms with Crippen LogP contribution in [0.25, 0.3) is 17.1 Å². The molecule has 0 bridgehead atoms. The van der Waals surface area contributed by atoms with Crippen LogP contribution in [0.15, 0.2) is 77.2 Å². The van der Waals surface area contributed by atoms with Crippen LogP contribution in [0.1, 0.15) is 5.69 Å². The second-order valence-corrected chi connectivity index (χ2v) is 8.87. The van der Waals surface area contributed by atoms with Gasteiger partial charge in [-0.3, -0.25) is 18.8 Å². The monoisotopic (exact) mass is 494 g/mol. The molecule has 0 radical (unpaired) electrons. The van der Waals surface area contributed by atoms with Crippen LogP contribution < -0.4 is 10.9 Å². The lowest BCUT2D eigenvalue weighted by atomic mass is 10.2. The minimum atomic E-state index is -0.312. The first kappa shape index (κ1) is 23.6. The Labute approximate surface area is 205 Å². The quantitative estimate of drug-likeness (QED) is 0.291. The van der Waals surface area contributed by atoms with Gasteiger partial charge in [-0.2, -0.15) is 0 Å². The Hall–Kier alpha value is -3.56. The smallest absolute Gasteiger partial charge is 0.295 e. The lowest BCUT2D eigenvalue weighted by molar-refractivity contribution is -0.113. The number of hydrogen-bond donors (Lipinski definition) is 1. The van der Waals surface area contributed by atoms with Gasteiger partial charge in [-0.1, -0.05) is 59.8 Å². The van der Waals surface area contributed by atoms with Crippen LogP contribution in [0, 0.1) is 6.92 Å². The number of amides is 1. The molecule has 4 aromatic rings. The molecule has 0 saturated heterocycles. The van der Waals surface area contributed by atoms with Gasteiger partial charge in [-0.25, -0.2) is 4.68 Å². The number of thioether (sulfide) groups is 1. The van der Waals surface area contributed by atoms with Gasteiger partial charge in [-0.05, 0) is 31.2 Å². The number of nitrogens with one attached hydrogen (secondary N) is 1. The predicted molar refractivity (Wildman–Crippen MR) is 136 cm³/mol. The zero-order chi connectivity index (χ0) is 24.2. The van der Waals surface area contributed by atoms with Crippen LogP contribution in [-0.4, -0.2) is 35.8 Å². The third-order valence-corrected chi connectivity index (χ3v) is 6.46. The number of rotatable bonds is 8. The Morgan fingerprint density at radius 1 is 1.18 bits per heavy atom. The molecule has 2 aromatic heterocycles. The van der Waals surface area contributed by atoms with Crippen LogP contribution in [0.3, 0.4) is 0 Å². The van der Waals surface area contributed by atoms with Crippen LogP contribution >= 0.6 is 23.4 Å². The number of carbonyl (C=O) groups excluding carboxylic acids is 1. The van der Waals surface area contributed by atoms with E-state index in [1.807, 2.05) is 53.1 Å². The summed E-state index contributed by atoms with van der Waals surface area (Å²) in [4.78, 5) is 25.8. The normalized spacial score (nSPS) is 10.9. The van der Waals surface area contributed by atoms with Crippen molar-refractivity contribution in [1.29, 1.82) is 0 Å². The summed E-state index contributed by atoms with van der Waals surface area (Å²) in [5, 5.41) is 12.5. The maximum atomic E-state index is 13.0. The molecule has 34 heavy (non-hydrogen) atoms. The Bertz CT molecular complexity index is 1410. The first-order valence-electron chi connectivity index (χ1n) is 10.5. The number of allylic oxidation sites excluding steroid dienone is 1. The number of hydrogen-bond acceptors (Lipinski definition) is 5. The van der Waals surface area contributed by atoms with Gasteiger partial charge >= 0.3 is 0 Å². The van der Waals surface area contributed by atoms with E-state index in [9.17, 15) is 9.59 Å². The van der Waals surface area contributed by atoms with Crippen LogP contribution in [0.4, 0.5) is 5.69 Å². The van der Waals surface area contributed by atoms with Gasteiger partial charge in [-0.15, -0.1) is 16.8 Å². The van der Waals surface area contributed by atoms with E-state index in [-0.39, 0.29) is 22.9 Å². The van der Waals surface area contributed by atoms with Gasteiger partial charge in [0, 0.05) is 24.2 Å². The Morgan fingerprint density at radius 3 is 2.65 bits per heavy atom. The molecule has 2 heterocycles. The van der Waals surface area contributed by atoms with Crippen molar-refractivity contribution in [3.63, 3.8) is 0 Å². The number of para-hydroxylation sites is 1. The highest BCUT2D eigenvalue weighted by molar-refractivity contribution is 7.99. The van der Waals surface area contributed by atoms with Crippen molar-refractivity contribution in [2.24, 2.45) is 7.05 Å². The second kappa shape index (κ2) is 10.1. The fourth-order valence-corrected chi connectivity index (χ4v) is 4.49. The molecule has 0 aliphatic carbocycles. The average molecular weight is 495 g/mol. The Kier molecular flexibility index (Phi) is 7.04. The van der Waals surface area contributed by atoms with Gasteiger partial charge < -0.3 is 5.32 Å².